The molecular formula is C16H15BrClNO. The van der Waals surface area contributed by atoms with Crippen LogP contribution in [0.3, 0.4) is 0 Å². The number of halogens is 2. The minimum atomic E-state index is -0.109. The van der Waals surface area contributed by atoms with Crippen LogP contribution in [0.5, 0.6) is 0 Å². The number of hydrogen-bond donors (Lipinski definition) is 1. The predicted octanol–water partition coefficient (Wildman–Crippen LogP) is 4.64. The molecule has 0 fully saturated rings. The molecule has 0 radical (unpaired) electrons. The van der Waals surface area contributed by atoms with Crippen molar-refractivity contribution in [3.8, 4) is 0 Å². The zero-order valence-corrected chi connectivity index (χ0v) is 13.4. The average Bonchev–Trinajstić information content (AvgIpc) is 2.48. The summed E-state index contributed by atoms with van der Waals surface area (Å²) in [6.45, 7) is 2.68. The topological polar surface area (TPSA) is 29.1 Å². The van der Waals surface area contributed by atoms with Crippen LogP contribution in [0, 0.1) is 0 Å². The molecule has 4 heteroatoms. The Balaban J connectivity index is 1.97. The molecular weight excluding hydrogens is 338 g/mol. The van der Waals surface area contributed by atoms with E-state index in [1.165, 1.54) is 5.56 Å². The second-order valence-corrected chi connectivity index (χ2v) is 5.91. The Morgan fingerprint density at radius 3 is 2.60 bits per heavy atom. The molecule has 2 nitrogen and oxygen atoms in total. The van der Waals surface area contributed by atoms with Crippen LogP contribution < -0.4 is 5.32 Å². The van der Waals surface area contributed by atoms with Gasteiger partial charge in [-0.3, -0.25) is 4.79 Å². The van der Waals surface area contributed by atoms with Gasteiger partial charge in [-0.15, -0.1) is 0 Å². The third-order valence-corrected chi connectivity index (χ3v) is 4.35. The van der Waals surface area contributed by atoms with Gasteiger partial charge >= 0.3 is 0 Å². The molecule has 2 rings (SSSR count). The first kappa shape index (κ1) is 15.1. The van der Waals surface area contributed by atoms with E-state index < -0.39 is 0 Å². The molecule has 0 spiro atoms. The summed E-state index contributed by atoms with van der Waals surface area (Å²) in [5.41, 5.74) is 1.78. The third-order valence-electron chi connectivity index (χ3n) is 3.12. The van der Waals surface area contributed by atoms with Gasteiger partial charge in [-0.1, -0.05) is 48.9 Å². The highest BCUT2D eigenvalue weighted by atomic mass is 79.9. The van der Waals surface area contributed by atoms with E-state index in [-0.39, 0.29) is 11.8 Å². The van der Waals surface area contributed by atoms with E-state index in [4.69, 9.17) is 11.6 Å². The van der Waals surface area contributed by atoms with Crippen molar-refractivity contribution in [3.05, 3.63) is 69.2 Å². The molecule has 0 aliphatic heterocycles. The Labute approximate surface area is 132 Å². The number of benzene rings is 2. The molecule has 0 bridgehead atoms. The van der Waals surface area contributed by atoms with Crippen LogP contribution in [0.2, 0.25) is 5.02 Å². The van der Waals surface area contributed by atoms with Gasteiger partial charge in [-0.05, 0) is 45.6 Å². The van der Waals surface area contributed by atoms with Crippen LogP contribution in [0.15, 0.2) is 53.0 Å². The van der Waals surface area contributed by atoms with Crippen molar-refractivity contribution in [2.45, 2.75) is 12.8 Å². The van der Waals surface area contributed by atoms with Crippen molar-refractivity contribution in [2.24, 2.45) is 0 Å². The largest absolute Gasteiger partial charge is 0.351 e. The Bertz CT molecular complexity index is 601. The van der Waals surface area contributed by atoms with Crippen LogP contribution in [-0.2, 0) is 0 Å². The van der Waals surface area contributed by atoms with E-state index in [1.54, 1.807) is 18.2 Å². The maximum absolute atomic E-state index is 12.1. The Morgan fingerprint density at radius 1 is 1.25 bits per heavy atom. The van der Waals surface area contributed by atoms with Gasteiger partial charge in [-0.25, -0.2) is 0 Å². The molecule has 2 aromatic carbocycles. The summed E-state index contributed by atoms with van der Waals surface area (Å²) < 4.78 is 0.786. The van der Waals surface area contributed by atoms with Gasteiger partial charge in [0.2, 0.25) is 0 Å². The molecule has 0 aliphatic rings. The minimum Gasteiger partial charge on any atom is -0.351 e. The molecule has 2 aromatic rings. The summed E-state index contributed by atoms with van der Waals surface area (Å²) in [4.78, 5) is 12.1. The summed E-state index contributed by atoms with van der Waals surface area (Å²) in [5.74, 6) is 0.160. The Hall–Kier alpha value is -1.32. The van der Waals surface area contributed by atoms with E-state index in [0.717, 1.165) is 4.47 Å². The molecule has 1 atom stereocenters. The van der Waals surface area contributed by atoms with Gasteiger partial charge in [0.05, 0.1) is 5.02 Å². The second-order valence-electron chi connectivity index (χ2n) is 4.65. The van der Waals surface area contributed by atoms with E-state index in [2.05, 4.69) is 40.3 Å². The number of carbonyl (C=O) groups is 1. The molecule has 1 amide bonds. The fourth-order valence-electron chi connectivity index (χ4n) is 1.88. The molecule has 0 saturated carbocycles. The third kappa shape index (κ3) is 3.84. The van der Waals surface area contributed by atoms with Crippen LogP contribution in [0.1, 0.15) is 28.8 Å². The number of amides is 1. The van der Waals surface area contributed by atoms with Gasteiger partial charge in [0, 0.05) is 16.6 Å². The number of nitrogens with one attached hydrogen (secondary N) is 1. The maximum Gasteiger partial charge on any atom is 0.251 e. The fourth-order valence-corrected chi connectivity index (χ4v) is 2.31. The van der Waals surface area contributed by atoms with Crippen molar-refractivity contribution >= 4 is 33.4 Å². The predicted molar refractivity (Wildman–Crippen MR) is 86.3 cm³/mol. The van der Waals surface area contributed by atoms with Crippen LogP contribution in [0.25, 0.3) is 0 Å². The Morgan fingerprint density at radius 2 is 1.95 bits per heavy atom. The first-order valence-electron chi connectivity index (χ1n) is 6.36. The molecule has 104 valence electrons. The zero-order valence-electron chi connectivity index (χ0n) is 11.1. The normalized spacial score (nSPS) is 11.9. The molecule has 0 saturated heterocycles. The standard InChI is InChI=1S/C16H15BrClNO/c1-11(12-5-3-2-4-6-12)10-19-16(20)13-7-8-14(17)15(18)9-13/h2-9,11H,10H2,1H3,(H,19,20). The van der Waals surface area contributed by atoms with Gasteiger partial charge in [0.25, 0.3) is 5.91 Å². The van der Waals surface area contributed by atoms with Crippen LogP contribution in [-0.4, -0.2) is 12.5 Å². The number of hydrogen-bond acceptors (Lipinski definition) is 1. The number of rotatable bonds is 4. The van der Waals surface area contributed by atoms with Crippen molar-refractivity contribution in [1.82, 2.24) is 5.32 Å². The summed E-state index contributed by atoms with van der Waals surface area (Å²) in [5, 5.41) is 3.47. The summed E-state index contributed by atoms with van der Waals surface area (Å²) in [6, 6.07) is 15.3. The van der Waals surface area contributed by atoms with E-state index in [9.17, 15) is 4.79 Å². The minimum absolute atomic E-state index is 0.109. The molecule has 1 unspecified atom stereocenters. The summed E-state index contributed by atoms with van der Waals surface area (Å²) in [7, 11) is 0. The second kappa shape index (κ2) is 6.91. The van der Waals surface area contributed by atoms with Gasteiger partial charge < -0.3 is 5.32 Å². The maximum atomic E-state index is 12.1. The lowest BCUT2D eigenvalue weighted by Crippen LogP contribution is -2.27. The number of carbonyl (C=O) groups excluding carboxylic acids is 1. The highest BCUT2D eigenvalue weighted by Gasteiger charge is 2.10. The Kier molecular flexibility index (Phi) is 5.21. The van der Waals surface area contributed by atoms with Crippen molar-refractivity contribution in [2.75, 3.05) is 6.54 Å². The average molecular weight is 353 g/mol. The zero-order chi connectivity index (χ0) is 14.5. The molecule has 0 aliphatic carbocycles. The fraction of sp³-hybridized carbons (Fsp3) is 0.188. The first-order valence-corrected chi connectivity index (χ1v) is 7.53. The summed E-state index contributed by atoms with van der Waals surface area (Å²) in [6.07, 6.45) is 0. The lowest BCUT2D eigenvalue weighted by Gasteiger charge is -2.13. The molecule has 0 heterocycles. The lowest BCUT2D eigenvalue weighted by molar-refractivity contribution is 0.0951. The van der Waals surface area contributed by atoms with Gasteiger partial charge in [0.15, 0.2) is 0 Å². The molecule has 1 N–H and O–H groups in total. The van der Waals surface area contributed by atoms with Gasteiger partial charge in [0.1, 0.15) is 0 Å². The molecule has 0 aromatic heterocycles. The van der Waals surface area contributed by atoms with Crippen molar-refractivity contribution < 1.29 is 4.79 Å². The van der Waals surface area contributed by atoms with Crippen LogP contribution >= 0.6 is 27.5 Å². The SMILES string of the molecule is CC(CNC(=O)c1ccc(Br)c(Cl)c1)c1ccccc1. The smallest absolute Gasteiger partial charge is 0.251 e. The van der Waals surface area contributed by atoms with Crippen molar-refractivity contribution in [1.29, 1.82) is 0 Å². The quantitative estimate of drug-likeness (QED) is 0.853. The highest BCUT2D eigenvalue weighted by Crippen LogP contribution is 2.23. The molecule has 20 heavy (non-hydrogen) atoms. The van der Waals surface area contributed by atoms with Crippen molar-refractivity contribution in [3.63, 3.8) is 0 Å². The lowest BCUT2D eigenvalue weighted by atomic mass is 10.0. The van der Waals surface area contributed by atoms with E-state index in [1.807, 2.05) is 18.2 Å². The van der Waals surface area contributed by atoms with E-state index in [0.29, 0.717) is 17.1 Å². The highest BCUT2D eigenvalue weighted by molar-refractivity contribution is 9.10. The summed E-state index contributed by atoms with van der Waals surface area (Å²) >= 11 is 9.30. The van der Waals surface area contributed by atoms with Gasteiger partial charge in [-0.2, -0.15) is 0 Å². The first-order chi connectivity index (χ1) is 9.58. The van der Waals surface area contributed by atoms with Crippen LogP contribution in [0.4, 0.5) is 0 Å². The van der Waals surface area contributed by atoms with E-state index >= 15 is 0 Å². The monoisotopic (exact) mass is 351 g/mol.